The summed E-state index contributed by atoms with van der Waals surface area (Å²) >= 11 is 0. The minimum absolute atomic E-state index is 0.123. The van der Waals surface area contributed by atoms with E-state index in [1.54, 1.807) is 12.1 Å². The highest BCUT2D eigenvalue weighted by molar-refractivity contribution is 6.24. The highest BCUT2D eigenvalue weighted by atomic mass is 16.6. The number of fused-ring (bicyclic) bond motifs is 1. The first kappa shape index (κ1) is 25.3. The summed E-state index contributed by atoms with van der Waals surface area (Å²) in [5.74, 6) is -4.40. The van der Waals surface area contributed by atoms with Gasteiger partial charge in [0.1, 0.15) is 5.54 Å². The minimum atomic E-state index is -1.81. The van der Waals surface area contributed by atoms with Crippen molar-refractivity contribution in [3.05, 3.63) is 105 Å². The van der Waals surface area contributed by atoms with Gasteiger partial charge in [0.2, 0.25) is 11.8 Å². The fourth-order valence-corrected chi connectivity index (χ4v) is 5.83. The van der Waals surface area contributed by atoms with E-state index in [9.17, 15) is 29.6 Å². The van der Waals surface area contributed by atoms with E-state index >= 15 is 0 Å². The third-order valence-electron chi connectivity index (χ3n) is 7.79. The number of nitrogens with one attached hydrogen (secondary N) is 1. The summed E-state index contributed by atoms with van der Waals surface area (Å²) in [5.41, 5.74) is 1.64. The van der Waals surface area contributed by atoms with Crippen LogP contribution in [0, 0.1) is 28.9 Å². The first-order valence-electron chi connectivity index (χ1n) is 12.4. The Morgan fingerprint density at radius 3 is 2.21 bits per heavy atom. The van der Waals surface area contributed by atoms with Crippen molar-refractivity contribution in [2.75, 3.05) is 4.90 Å². The molecule has 194 valence electrons. The topological polar surface area (TPSA) is 130 Å². The molecule has 9 nitrogen and oxygen atoms in total. The fourth-order valence-electron chi connectivity index (χ4n) is 5.83. The number of amides is 2. The molecule has 2 N–H and O–H groups in total. The molecule has 2 aliphatic heterocycles. The number of benzene rings is 3. The molecule has 0 radical (unpaired) electrons. The maximum absolute atomic E-state index is 14.0. The quantitative estimate of drug-likeness (QED) is 0.278. The Hall–Kier alpha value is -4.37. The van der Waals surface area contributed by atoms with Gasteiger partial charge in [0.15, 0.2) is 0 Å². The third-order valence-corrected chi connectivity index (χ3v) is 7.79. The predicted octanol–water partition coefficient (Wildman–Crippen LogP) is 3.98. The number of carbonyl (C=O) groups excluding carboxylic acids is 2. The largest absolute Gasteiger partial charge is 0.480 e. The number of nitro benzene ring substituents is 1. The number of carboxylic acids is 1. The number of anilines is 1. The molecule has 0 spiro atoms. The lowest BCUT2D eigenvalue weighted by Crippen LogP contribution is -2.57. The van der Waals surface area contributed by atoms with E-state index in [0.717, 1.165) is 28.0 Å². The van der Waals surface area contributed by atoms with E-state index in [2.05, 4.69) is 5.32 Å². The van der Waals surface area contributed by atoms with E-state index in [-0.39, 0.29) is 12.1 Å². The van der Waals surface area contributed by atoms with Crippen molar-refractivity contribution in [1.29, 1.82) is 0 Å². The first-order chi connectivity index (χ1) is 18.2. The van der Waals surface area contributed by atoms with Crippen molar-refractivity contribution in [2.45, 2.75) is 38.3 Å². The standard InChI is InChI=1S/C29H27N3O6/c1-3-18-8-12-20(13-9-18)31-26(33)23-24(27(31)34)29(28(35)36,16-19-10-14-21(15-11-19)32(37)38)30-25(23)22-7-5-4-6-17(22)2/h4-15,23-25,30H,3,16H2,1-2H3,(H,35,36). The number of nitrogens with zero attached hydrogens (tertiary/aromatic N) is 2. The minimum Gasteiger partial charge on any atom is -0.480 e. The van der Waals surface area contributed by atoms with Crippen LogP contribution in [0.2, 0.25) is 0 Å². The molecule has 0 aromatic heterocycles. The van der Waals surface area contributed by atoms with Gasteiger partial charge in [-0.2, -0.15) is 0 Å². The Bertz CT molecular complexity index is 1440. The van der Waals surface area contributed by atoms with Gasteiger partial charge in [-0.05, 0) is 47.7 Å². The van der Waals surface area contributed by atoms with Crippen molar-refractivity contribution in [3.8, 4) is 0 Å². The molecule has 0 saturated carbocycles. The Morgan fingerprint density at radius 1 is 1.00 bits per heavy atom. The van der Waals surface area contributed by atoms with Crippen LogP contribution in [0.3, 0.4) is 0 Å². The Labute approximate surface area is 219 Å². The molecule has 9 heteroatoms. The summed E-state index contributed by atoms with van der Waals surface area (Å²) in [4.78, 5) is 52.6. The number of carbonyl (C=O) groups is 3. The zero-order valence-corrected chi connectivity index (χ0v) is 21.0. The van der Waals surface area contributed by atoms with Gasteiger partial charge >= 0.3 is 5.97 Å². The molecule has 0 aliphatic carbocycles. The number of aryl methyl sites for hydroxylation is 2. The molecule has 2 heterocycles. The average molecular weight is 514 g/mol. The lowest BCUT2D eigenvalue weighted by atomic mass is 9.76. The number of non-ortho nitro benzene ring substituents is 1. The monoisotopic (exact) mass is 513 g/mol. The second-order valence-corrected chi connectivity index (χ2v) is 9.89. The van der Waals surface area contributed by atoms with E-state index in [4.69, 9.17) is 0 Å². The van der Waals surface area contributed by atoms with Crippen LogP contribution < -0.4 is 10.2 Å². The van der Waals surface area contributed by atoms with Crippen LogP contribution in [0.25, 0.3) is 0 Å². The van der Waals surface area contributed by atoms with Gasteiger partial charge in [-0.25, -0.2) is 4.90 Å². The van der Waals surface area contributed by atoms with Gasteiger partial charge in [-0.1, -0.05) is 55.5 Å². The van der Waals surface area contributed by atoms with Gasteiger partial charge in [-0.15, -0.1) is 0 Å². The summed E-state index contributed by atoms with van der Waals surface area (Å²) in [6.07, 6.45) is 0.662. The number of nitro groups is 1. The maximum atomic E-state index is 14.0. The van der Waals surface area contributed by atoms with Gasteiger partial charge in [-0.3, -0.25) is 29.8 Å². The van der Waals surface area contributed by atoms with E-state index in [0.29, 0.717) is 11.3 Å². The zero-order valence-electron chi connectivity index (χ0n) is 21.0. The molecule has 3 aromatic carbocycles. The number of aliphatic carboxylic acids is 1. The molecule has 5 rings (SSSR count). The zero-order chi connectivity index (χ0) is 27.2. The lowest BCUT2D eigenvalue weighted by Gasteiger charge is -2.31. The van der Waals surface area contributed by atoms with E-state index in [1.807, 2.05) is 50.2 Å². The van der Waals surface area contributed by atoms with Crippen molar-refractivity contribution < 1.29 is 24.4 Å². The first-order valence-corrected chi connectivity index (χ1v) is 12.4. The van der Waals surface area contributed by atoms with Crippen LogP contribution >= 0.6 is 0 Å². The maximum Gasteiger partial charge on any atom is 0.325 e. The second-order valence-electron chi connectivity index (χ2n) is 9.89. The van der Waals surface area contributed by atoms with Gasteiger partial charge in [0.05, 0.1) is 22.4 Å². The molecule has 38 heavy (non-hydrogen) atoms. The van der Waals surface area contributed by atoms with Crippen molar-refractivity contribution in [3.63, 3.8) is 0 Å². The summed E-state index contributed by atoms with van der Waals surface area (Å²) in [7, 11) is 0. The van der Waals surface area contributed by atoms with Crippen molar-refractivity contribution in [1.82, 2.24) is 5.32 Å². The predicted molar refractivity (Wildman–Crippen MR) is 140 cm³/mol. The van der Waals surface area contributed by atoms with Crippen LogP contribution in [0.15, 0.2) is 72.8 Å². The second kappa shape index (κ2) is 9.50. The normalized spacial score (nSPS) is 24.5. The van der Waals surface area contributed by atoms with Gasteiger partial charge in [0.25, 0.3) is 5.69 Å². The molecule has 0 bridgehead atoms. The van der Waals surface area contributed by atoms with Gasteiger partial charge in [0, 0.05) is 24.6 Å². The van der Waals surface area contributed by atoms with Crippen LogP contribution in [-0.4, -0.2) is 33.4 Å². The SMILES string of the molecule is CCc1ccc(N2C(=O)C3C(c4ccccc4C)NC(Cc4ccc([N+](=O)[O-])cc4)(C(=O)O)C3C2=O)cc1. The van der Waals surface area contributed by atoms with Crippen molar-refractivity contribution >= 4 is 29.2 Å². The molecule has 4 atom stereocenters. The fraction of sp³-hybridized carbons (Fsp3) is 0.276. The molecule has 2 aliphatic rings. The average Bonchev–Trinajstić information content (AvgIpc) is 3.38. The van der Waals surface area contributed by atoms with Crippen molar-refractivity contribution in [2.24, 2.45) is 11.8 Å². The summed E-state index contributed by atoms with van der Waals surface area (Å²) in [5, 5.41) is 24.9. The highest BCUT2D eigenvalue weighted by Crippen LogP contribution is 2.51. The van der Waals surface area contributed by atoms with Crippen LogP contribution in [-0.2, 0) is 27.2 Å². The molecular formula is C29H27N3O6. The molecule has 2 saturated heterocycles. The molecule has 2 fully saturated rings. The van der Waals surface area contributed by atoms with Gasteiger partial charge < -0.3 is 5.11 Å². The van der Waals surface area contributed by atoms with Crippen LogP contribution in [0.5, 0.6) is 0 Å². The third kappa shape index (κ3) is 3.95. The summed E-state index contributed by atoms with van der Waals surface area (Å²) in [6, 6.07) is 19.4. The number of imide groups is 1. The Balaban J connectivity index is 1.63. The van der Waals surface area contributed by atoms with Crippen LogP contribution in [0.4, 0.5) is 11.4 Å². The molecule has 2 amide bonds. The van der Waals surface area contributed by atoms with Crippen LogP contribution in [0.1, 0.15) is 35.2 Å². The number of hydrogen-bond acceptors (Lipinski definition) is 6. The Morgan fingerprint density at radius 2 is 1.63 bits per heavy atom. The number of rotatable bonds is 7. The smallest absolute Gasteiger partial charge is 0.325 e. The lowest BCUT2D eigenvalue weighted by molar-refractivity contribution is -0.384. The molecular weight excluding hydrogens is 486 g/mol. The molecule has 4 unspecified atom stereocenters. The van der Waals surface area contributed by atoms with E-state index in [1.165, 1.54) is 24.3 Å². The molecule has 3 aromatic rings. The highest BCUT2D eigenvalue weighted by Gasteiger charge is 2.68. The summed E-state index contributed by atoms with van der Waals surface area (Å²) in [6.45, 7) is 3.88. The number of hydrogen-bond donors (Lipinski definition) is 2. The number of carboxylic acid groups (broad SMARTS) is 1. The Kier molecular flexibility index (Phi) is 6.32. The summed E-state index contributed by atoms with van der Waals surface area (Å²) < 4.78 is 0. The van der Waals surface area contributed by atoms with E-state index < -0.39 is 46.1 Å².